The Kier molecular flexibility index (Phi) is 2.91. The number of carbonyl (C=O) groups is 1. The van der Waals surface area contributed by atoms with Crippen LogP contribution in [0.5, 0.6) is 0 Å². The van der Waals surface area contributed by atoms with Crippen LogP contribution in [0.4, 0.5) is 21.5 Å². The van der Waals surface area contributed by atoms with E-state index in [4.69, 9.17) is 5.73 Å². The standard InChI is InChI=1S/C15H14FN3O/c1-19(10-4-2-9(16)3-5-10)11-6-7-12-13(8-11)18-15(20)14(12)17/h2-8,14H,17H2,1H3,(H,18,20). The molecule has 1 heterocycles. The van der Waals surface area contributed by atoms with Crippen molar-refractivity contribution in [1.29, 1.82) is 0 Å². The summed E-state index contributed by atoms with van der Waals surface area (Å²) in [4.78, 5) is 13.4. The molecular formula is C15H14FN3O. The molecule has 0 saturated heterocycles. The summed E-state index contributed by atoms with van der Waals surface area (Å²) < 4.78 is 12.9. The van der Waals surface area contributed by atoms with E-state index >= 15 is 0 Å². The molecule has 3 N–H and O–H groups in total. The number of halogens is 1. The highest BCUT2D eigenvalue weighted by Crippen LogP contribution is 2.34. The highest BCUT2D eigenvalue weighted by molar-refractivity contribution is 6.03. The van der Waals surface area contributed by atoms with Gasteiger partial charge in [-0.15, -0.1) is 0 Å². The van der Waals surface area contributed by atoms with Crippen molar-refractivity contribution in [2.75, 3.05) is 17.3 Å². The molecule has 0 spiro atoms. The molecule has 1 aliphatic heterocycles. The molecule has 3 rings (SSSR count). The van der Waals surface area contributed by atoms with E-state index in [1.807, 2.05) is 30.1 Å². The largest absolute Gasteiger partial charge is 0.345 e. The molecule has 1 aliphatic rings. The second-order valence-electron chi connectivity index (χ2n) is 4.77. The number of carbonyl (C=O) groups excluding carboxylic acids is 1. The van der Waals surface area contributed by atoms with Crippen molar-refractivity contribution in [2.45, 2.75) is 6.04 Å². The van der Waals surface area contributed by atoms with Gasteiger partial charge in [0.15, 0.2) is 0 Å². The predicted octanol–water partition coefficient (Wildman–Crippen LogP) is 2.55. The number of benzene rings is 2. The van der Waals surface area contributed by atoms with Crippen LogP contribution >= 0.6 is 0 Å². The maximum absolute atomic E-state index is 12.9. The van der Waals surface area contributed by atoms with Gasteiger partial charge >= 0.3 is 0 Å². The second-order valence-corrected chi connectivity index (χ2v) is 4.77. The molecule has 2 aromatic rings. The summed E-state index contributed by atoms with van der Waals surface area (Å²) in [7, 11) is 1.88. The third kappa shape index (κ3) is 2.02. The van der Waals surface area contributed by atoms with Gasteiger partial charge < -0.3 is 16.0 Å². The first-order chi connectivity index (χ1) is 9.56. The van der Waals surface area contributed by atoms with Gasteiger partial charge in [-0.05, 0) is 36.4 Å². The molecule has 5 heteroatoms. The van der Waals surface area contributed by atoms with E-state index in [0.29, 0.717) is 0 Å². The lowest BCUT2D eigenvalue weighted by Gasteiger charge is -2.20. The SMILES string of the molecule is CN(c1ccc(F)cc1)c1ccc2c(c1)NC(=O)C2N. The van der Waals surface area contributed by atoms with Crippen molar-refractivity contribution in [3.8, 4) is 0 Å². The van der Waals surface area contributed by atoms with Gasteiger partial charge in [0, 0.05) is 29.7 Å². The van der Waals surface area contributed by atoms with Crippen LogP contribution in [0.2, 0.25) is 0 Å². The molecule has 0 bridgehead atoms. The van der Waals surface area contributed by atoms with Crippen LogP contribution < -0.4 is 16.0 Å². The smallest absolute Gasteiger partial charge is 0.245 e. The molecule has 1 amide bonds. The van der Waals surface area contributed by atoms with Gasteiger partial charge in [0.25, 0.3) is 0 Å². The third-order valence-corrected chi connectivity index (χ3v) is 3.51. The number of fused-ring (bicyclic) bond motifs is 1. The van der Waals surface area contributed by atoms with Crippen LogP contribution in [-0.4, -0.2) is 13.0 Å². The molecule has 0 saturated carbocycles. The van der Waals surface area contributed by atoms with Gasteiger partial charge in [-0.2, -0.15) is 0 Å². The van der Waals surface area contributed by atoms with Crippen molar-refractivity contribution >= 4 is 23.0 Å². The van der Waals surface area contributed by atoms with Gasteiger partial charge in [0.1, 0.15) is 11.9 Å². The lowest BCUT2D eigenvalue weighted by molar-refractivity contribution is -0.116. The molecule has 0 fully saturated rings. The van der Waals surface area contributed by atoms with Gasteiger partial charge in [-0.1, -0.05) is 6.07 Å². The van der Waals surface area contributed by atoms with Crippen molar-refractivity contribution in [1.82, 2.24) is 0 Å². The molecule has 0 aromatic heterocycles. The fourth-order valence-electron chi connectivity index (χ4n) is 2.30. The van der Waals surface area contributed by atoms with Crippen LogP contribution in [-0.2, 0) is 4.79 Å². The summed E-state index contributed by atoms with van der Waals surface area (Å²) in [5.41, 5.74) is 9.06. The molecule has 102 valence electrons. The monoisotopic (exact) mass is 271 g/mol. The lowest BCUT2D eigenvalue weighted by Crippen LogP contribution is -2.19. The Morgan fingerprint density at radius 3 is 2.50 bits per heavy atom. The molecular weight excluding hydrogens is 257 g/mol. The average molecular weight is 271 g/mol. The summed E-state index contributed by atoms with van der Waals surface area (Å²) in [6.07, 6.45) is 0. The Morgan fingerprint density at radius 1 is 1.15 bits per heavy atom. The Morgan fingerprint density at radius 2 is 1.80 bits per heavy atom. The van der Waals surface area contributed by atoms with Crippen LogP contribution in [0.3, 0.4) is 0 Å². The Labute approximate surface area is 116 Å². The van der Waals surface area contributed by atoms with Gasteiger partial charge in [-0.25, -0.2) is 4.39 Å². The molecule has 1 unspecified atom stereocenters. The number of nitrogens with two attached hydrogens (primary N) is 1. The van der Waals surface area contributed by atoms with Gasteiger partial charge in [0.05, 0.1) is 0 Å². The highest BCUT2D eigenvalue weighted by atomic mass is 19.1. The first kappa shape index (κ1) is 12.6. The molecule has 2 aromatic carbocycles. The third-order valence-electron chi connectivity index (χ3n) is 3.51. The predicted molar refractivity (Wildman–Crippen MR) is 76.5 cm³/mol. The summed E-state index contributed by atoms with van der Waals surface area (Å²) in [5, 5.41) is 2.75. The first-order valence-corrected chi connectivity index (χ1v) is 6.26. The van der Waals surface area contributed by atoms with Crippen LogP contribution in [0.15, 0.2) is 42.5 Å². The van der Waals surface area contributed by atoms with E-state index in [0.717, 1.165) is 22.6 Å². The highest BCUT2D eigenvalue weighted by Gasteiger charge is 2.27. The lowest BCUT2D eigenvalue weighted by atomic mass is 10.1. The number of anilines is 3. The zero-order valence-corrected chi connectivity index (χ0v) is 10.9. The molecule has 20 heavy (non-hydrogen) atoms. The molecule has 1 atom stereocenters. The van der Waals surface area contributed by atoms with Crippen LogP contribution in [0.25, 0.3) is 0 Å². The number of rotatable bonds is 2. The van der Waals surface area contributed by atoms with Gasteiger partial charge in [0.2, 0.25) is 5.91 Å². The van der Waals surface area contributed by atoms with E-state index in [9.17, 15) is 9.18 Å². The van der Waals surface area contributed by atoms with Crippen LogP contribution in [0.1, 0.15) is 11.6 Å². The topological polar surface area (TPSA) is 58.4 Å². The van der Waals surface area contributed by atoms with E-state index in [2.05, 4.69) is 5.32 Å². The van der Waals surface area contributed by atoms with E-state index in [1.54, 1.807) is 12.1 Å². The number of hydrogen-bond acceptors (Lipinski definition) is 3. The Hall–Kier alpha value is -2.40. The van der Waals surface area contributed by atoms with Crippen molar-refractivity contribution < 1.29 is 9.18 Å². The van der Waals surface area contributed by atoms with Crippen molar-refractivity contribution in [3.63, 3.8) is 0 Å². The number of hydrogen-bond donors (Lipinski definition) is 2. The summed E-state index contributed by atoms with van der Waals surface area (Å²) >= 11 is 0. The van der Waals surface area contributed by atoms with Crippen LogP contribution in [0, 0.1) is 5.82 Å². The Balaban J connectivity index is 1.94. The van der Waals surface area contributed by atoms with Crippen molar-refractivity contribution in [2.24, 2.45) is 5.73 Å². The molecule has 0 aliphatic carbocycles. The minimum absolute atomic E-state index is 0.193. The fraction of sp³-hybridized carbons (Fsp3) is 0.133. The fourth-order valence-corrected chi connectivity index (χ4v) is 2.30. The first-order valence-electron chi connectivity index (χ1n) is 6.26. The molecule has 0 radical (unpaired) electrons. The molecule has 4 nitrogen and oxygen atoms in total. The normalized spacial score (nSPS) is 16.8. The summed E-state index contributed by atoms with van der Waals surface area (Å²) in [6.45, 7) is 0. The number of nitrogens with one attached hydrogen (secondary N) is 1. The second kappa shape index (κ2) is 4.61. The zero-order valence-electron chi connectivity index (χ0n) is 10.9. The average Bonchev–Trinajstić information content (AvgIpc) is 2.74. The zero-order chi connectivity index (χ0) is 14.3. The van der Waals surface area contributed by atoms with E-state index in [-0.39, 0.29) is 11.7 Å². The maximum Gasteiger partial charge on any atom is 0.245 e. The number of amides is 1. The minimum atomic E-state index is -0.602. The minimum Gasteiger partial charge on any atom is -0.345 e. The Bertz CT molecular complexity index is 669. The summed E-state index contributed by atoms with van der Waals surface area (Å²) in [6, 6.07) is 11.2. The number of nitrogens with zero attached hydrogens (tertiary/aromatic N) is 1. The quantitative estimate of drug-likeness (QED) is 0.882. The summed E-state index contributed by atoms with van der Waals surface area (Å²) in [5.74, 6) is -0.462. The van der Waals surface area contributed by atoms with E-state index < -0.39 is 6.04 Å². The maximum atomic E-state index is 12.9. The van der Waals surface area contributed by atoms with Crippen molar-refractivity contribution in [3.05, 3.63) is 53.8 Å². The van der Waals surface area contributed by atoms with E-state index in [1.165, 1.54) is 12.1 Å². The van der Waals surface area contributed by atoms with Gasteiger partial charge in [-0.3, -0.25) is 4.79 Å².